The first-order chi connectivity index (χ1) is 8.86. The largest absolute Gasteiger partial charge is 0.480 e. The van der Waals surface area contributed by atoms with Crippen molar-refractivity contribution in [3.05, 3.63) is 29.8 Å². The third kappa shape index (κ3) is 4.62. The molecule has 0 heterocycles. The van der Waals surface area contributed by atoms with Gasteiger partial charge in [-0.1, -0.05) is 19.1 Å². The van der Waals surface area contributed by atoms with Crippen molar-refractivity contribution in [2.75, 3.05) is 19.0 Å². The maximum atomic E-state index is 11.6. The van der Waals surface area contributed by atoms with E-state index in [0.29, 0.717) is 5.56 Å². The number of rotatable bonds is 7. The summed E-state index contributed by atoms with van der Waals surface area (Å²) in [5.74, 6) is -1.02. The van der Waals surface area contributed by atoms with Gasteiger partial charge in [-0.05, 0) is 17.7 Å². The Bertz CT molecular complexity index is 524. The second kappa shape index (κ2) is 6.65. The summed E-state index contributed by atoms with van der Waals surface area (Å²) in [5, 5.41) is 8.42. The van der Waals surface area contributed by atoms with Crippen molar-refractivity contribution in [3.8, 4) is 0 Å². The zero-order chi connectivity index (χ0) is 14.5. The molecule has 1 aromatic rings. The molecule has 0 unspecified atom stereocenters. The summed E-state index contributed by atoms with van der Waals surface area (Å²) in [7, 11) is -3.22. The number of sulfone groups is 1. The Kier molecular flexibility index (Phi) is 5.46. The van der Waals surface area contributed by atoms with Crippen LogP contribution in [-0.4, -0.2) is 38.5 Å². The molecule has 0 radical (unpaired) electrons. The highest BCUT2D eigenvalue weighted by Gasteiger charge is 2.13. The molecule has 0 saturated carbocycles. The Balaban J connectivity index is 2.68. The quantitative estimate of drug-likeness (QED) is 0.759. The molecular weight excluding hydrogens is 270 g/mol. The Labute approximate surface area is 112 Å². The van der Waals surface area contributed by atoms with Gasteiger partial charge < -0.3 is 15.6 Å². The molecule has 0 aliphatic heterocycles. The van der Waals surface area contributed by atoms with Gasteiger partial charge in [0.25, 0.3) is 0 Å². The van der Waals surface area contributed by atoms with Crippen LogP contribution in [0.15, 0.2) is 29.2 Å². The van der Waals surface area contributed by atoms with E-state index in [0.717, 1.165) is 0 Å². The minimum atomic E-state index is -3.22. The van der Waals surface area contributed by atoms with Crippen molar-refractivity contribution in [2.24, 2.45) is 5.73 Å². The first-order valence-corrected chi connectivity index (χ1v) is 7.40. The molecule has 7 heteroatoms. The van der Waals surface area contributed by atoms with Gasteiger partial charge in [0.2, 0.25) is 0 Å². The average molecular weight is 287 g/mol. The standard InChI is InChI=1S/C12H17NO5S/c1-2-19(16,17)10-5-3-9(4-6-10)11(13)7-18-8-12(14)15/h3-6,11H,2,7-8,13H2,1H3,(H,14,15)/t11-/m0/s1. The van der Waals surface area contributed by atoms with E-state index in [1.54, 1.807) is 19.1 Å². The van der Waals surface area contributed by atoms with Crippen LogP contribution in [0.2, 0.25) is 0 Å². The summed E-state index contributed by atoms with van der Waals surface area (Å²) < 4.78 is 28.1. The molecular formula is C12H17NO5S. The van der Waals surface area contributed by atoms with Gasteiger partial charge in [-0.15, -0.1) is 0 Å². The molecule has 0 fully saturated rings. The number of ether oxygens (including phenoxy) is 1. The van der Waals surface area contributed by atoms with Crippen LogP contribution in [0.4, 0.5) is 0 Å². The van der Waals surface area contributed by atoms with Crippen molar-refractivity contribution in [3.63, 3.8) is 0 Å². The number of benzene rings is 1. The molecule has 0 spiro atoms. The van der Waals surface area contributed by atoms with Crippen LogP contribution in [0.5, 0.6) is 0 Å². The van der Waals surface area contributed by atoms with Gasteiger partial charge in [0.05, 0.1) is 23.3 Å². The number of carboxylic acids is 1. The molecule has 106 valence electrons. The van der Waals surface area contributed by atoms with E-state index in [1.807, 2.05) is 0 Å². The number of hydrogen-bond acceptors (Lipinski definition) is 5. The molecule has 0 amide bonds. The summed E-state index contributed by atoms with van der Waals surface area (Å²) >= 11 is 0. The molecule has 1 rings (SSSR count). The summed E-state index contributed by atoms with van der Waals surface area (Å²) in [5.41, 5.74) is 6.50. The number of nitrogens with two attached hydrogens (primary N) is 1. The van der Waals surface area contributed by atoms with Crippen molar-refractivity contribution >= 4 is 15.8 Å². The lowest BCUT2D eigenvalue weighted by atomic mass is 10.1. The van der Waals surface area contributed by atoms with Crippen LogP contribution in [-0.2, 0) is 19.4 Å². The minimum absolute atomic E-state index is 0.0418. The van der Waals surface area contributed by atoms with Gasteiger partial charge in [0.15, 0.2) is 9.84 Å². The van der Waals surface area contributed by atoms with E-state index in [2.05, 4.69) is 0 Å². The second-order valence-corrected chi connectivity index (χ2v) is 6.27. The van der Waals surface area contributed by atoms with E-state index in [-0.39, 0.29) is 17.3 Å². The fourth-order valence-corrected chi connectivity index (χ4v) is 2.34. The first kappa shape index (κ1) is 15.6. The molecule has 1 aromatic carbocycles. The zero-order valence-electron chi connectivity index (χ0n) is 10.6. The summed E-state index contributed by atoms with van der Waals surface area (Å²) in [4.78, 5) is 10.5. The van der Waals surface area contributed by atoms with Crippen molar-refractivity contribution in [1.29, 1.82) is 0 Å². The van der Waals surface area contributed by atoms with Gasteiger partial charge in [0.1, 0.15) is 6.61 Å². The zero-order valence-corrected chi connectivity index (χ0v) is 11.4. The van der Waals surface area contributed by atoms with E-state index in [4.69, 9.17) is 15.6 Å². The van der Waals surface area contributed by atoms with Gasteiger partial charge in [0, 0.05) is 0 Å². The molecule has 1 atom stereocenters. The molecule has 3 N–H and O–H groups in total. The Hall–Kier alpha value is -1.44. The Morgan fingerprint density at radius 3 is 2.42 bits per heavy atom. The molecule has 0 aliphatic carbocycles. The van der Waals surface area contributed by atoms with Crippen LogP contribution >= 0.6 is 0 Å². The van der Waals surface area contributed by atoms with Crippen LogP contribution < -0.4 is 5.73 Å². The van der Waals surface area contributed by atoms with Crippen molar-refractivity contribution < 1.29 is 23.1 Å². The van der Waals surface area contributed by atoms with Gasteiger partial charge in [-0.3, -0.25) is 0 Å². The monoisotopic (exact) mass is 287 g/mol. The third-order valence-corrected chi connectivity index (χ3v) is 4.32. The van der Waals surface area contributed by atoms with E-state index >= 15 is 0 Å². The number of aliphatic carboxylic acids is 1. The van der Waals surface area contributed by atoms with Crippen LogP contribution in [0.3, 0.4) is 0 Å². The van der Waals surface area contributed by atoms with E-state index in [9.17, 15) is 13.2 Å². The van der Waals surface area contributed by atoms with Gasteiger partial charge in [-0.25, -0.2) is 13.2 Å². The summed E-state index contributed by atoms with van der Waals surface area (Å²) in [6.45, 7) is 1.23. The lowest BCUT2D eigenvalue weighted by Gasteiger charge is -2.12. The van der Waals surface area contributed by atoms with E-state index in [1.165, 1.54) is 12.1 Å². The van der Waals surface area contributed by atoms with Crippen LogP contribution in [0, 0.1) is 0 Å². The Morgan fingerprint density at radius 2 is 1.95 bits per heavy atom. The summed E-state index contributed by atoms with van der Waals surface area (Å²) in [6, 6.07) is 5.71. The van der Waals surface area contributed by atoms with Crippen LogP contribution in [0.25, 0.3) is 0 Å². The van der Waals surface area contributed by atoms with Gasteiger partial charge in [-0.2, -0.15) is 0 Å². The molecule has 0 bridgehead atoms. The second-order valence-electron chi connectivity index (χ2n) is 3.99. The predicted octanol–water partition coefficient (Wildman–Crippen LogP) is 0.581. The normalized spacial score (nSPS) is 13.2. The first-order valence-electron chi connectivity index (χ1n) is 5.74. The lowest BCUT2D eigenvalue weighted by molar-refractivity contribution is -0.142. The number of carboxylic acid groups (broad SMARTS) is 1. The molecule has 6 nitrogen and oxygen atoms in total. The topological polar surface area (TPSA) is 107 Å². The maximum Gasteiger partial charge on any atom is 0.329 e. The smallest absolute Gasteiger partial charge is 0.329 e. The fraction of sp³-hybridized carbons (Fsp3) is 0.417. The molecule has 0 saturated heterocycles. The SMILES string of the molecule is CCS(=O)(=O)c1ccc([C@@H](N)COCC(=O)O)cc1. The van der Waals surface area contributed by atoms with Crippen molar-refractivity contribution in [2.45, 2.75) is 17.9 Å². The minimum Gasteiger partial charge on any atom is -0.480 e. The van der Waals surface area contributed by atoms with Gasteiger partial charge >= 0.3 is 5.97 Å². The highest BCUT2D eigenvalue weighted by molar-refractivity contribution is 7.91. The fourth-order valence-electron chi connectivity index (χ4n) is 1.46. The lowest BCUT2D eigenvalue weighted by Crippen LogP contribution is -2.19. The number of carbonyl (C=O) groups is 1. The summed E-state index contributed by atoms with van der Waals surface area (Å²) in [6.07, 6.45) is 0. The number of hydrogen-bond donors (Lipinski definition) is 2. The van der Waals surface area contributed by atoms with E-state index < -0.39 is 28.5 Å². The average Bonchev–Trinajstić information content (AvgIpc) is 2.38. The molecule has 19 heavy (non-hydrogen) atoms. The highest BCUT2D eigenvalue weighted by Crippen LogP contribution is 2.16. The third-order valence-electron chi connectivity index (χ3n) is 2.57. The molecule has 0 aliphatic rings. The highest BCUT2D eigenvalue weighted by atomic mass is 32.2. The predicted molar refractivity (Wildman–Crippen MR) is 69.6 cm³/mol. The van der Waals surface area contributed by atoms with Crippen molar-refractivity contribution in [1.82, 2.24) is 0 Å². The Morgan fingerprint density at radius 1 is 1.37 bits per heavy atom. The molecule has 0 aromatic heterocycles. The van der Waals surface area contributed by atoms with Crippen LogP contribution in [0.1, 0.15) is 18.5 Å². The maximum absolute atomic E-state index is 11.6.